The number of nitrogens with zero attached hydrogens (tertiary/aromatic N) is 1. The number of ether oxygens (including phenoxy) is 2. The quantitative estimate of drug-likeness (QED) is 0.668. The van der Waals surface area contributed by atoms with E-state index in [9.17, 15) is 8.42 Å². The van der Waals surface area contributed by atoms with Crippen LogP contribution >= 0.6 is 11.8 Å². The Morgan fingerprint density at radius 1 is 1.11 bits per heavy atom. The molecule has 1 heterocycles. The van der Waals surface area contributed by atoms with Crippen LogP contribution in [0.4, 0.5) is 5.69 Å². The Balaban J connectivity index is 1.77. The molecular formula is C21H27NO4S2. The molecule has 28 heavy (non-hydrogen) atoms. The van der Waals surface area contributed by atoms with Gasteiger partial charge in [0.15, 0.2) is 0 Å². The zero-order chi connectivity index (χ0) is 20.2. The molecule has 0 atom stereocenters. The molecule has 1 aliphatic heterocycles. The molecule has 0 aromatic heterocycles. The van der Waals surface area contributed by atoms with E-state index in [1.54, 1.807) is 32.8 Å². The Morgan fingerprint density at radius 2 is 1.79 bits per heavy atom. The number of sulfonamides is 1. The van der Waals surface area contributed by atoms with Crippen molar-refractivity contribution in [3.05, 3.63) is 54.1 Å². The largest absolute Gasteiger partial charge is 0.381 e. The molecule has 0 saturated carbocycles. The molecule has 3 rings (SSSR count). The summed E-state index contributed by atoms with van der Waals surface area (Å²) >= 11 is 1.65. The number of methoxy groups -OCH3 is 1. The van der Waals surface area contributed by atoms with E-state index >= 15 is 0 Å². The fourth-order valence-corrected chi connectivity index (χ4v) is 5.08. The number of benzene rings is 2. The molecule has 0 N–H and O–H groups in total. The van der Waals surface area contributed by atoms with Gasteiger partial charge in [-0.2, -0.15) is 0 Å². The lowest BCUT2D eigenvalue weighted by Crippen LogP contribution is -2.35. The van der Waals surface area contributed by atoms with E-state index in [0.717, 1.165) is 22.6 Å². The lowest BCUT2D eigenvalue weighted by atomic mass is 9.86. The molecule has 1 saturated heterocycles. The molecule has 1 fully saturated rings. The highest BCUT2D eigenvalue weighted by Gasteiger charge is 2.34. The van der Waals surface area contributed by atoms with Crippen LogP contribution in [0.3, 0.4) is 0 Å². The van der Waals surface area contributed by atoms with Crippen LogP contribution in [0.25, 0.3) is 0 Å². The molecular weight excluding hydrogens is 394 g/mol. The molecule has 0 bridgehead atoms. The highest BCUT2D eigenvalue weighted by atomic mass is 32.2. The van der Waals surface area contributed by atoms with E-state index < -0.39 is 10.0 Å². The Labute approximate surface area is 172 Å². The topological polar surface area (TPSA) is 55.8 Å². The van der Waals surface area contributed by atoms with Crippen molar-refractivity contribution in [2.45, 2.75) is 35.2 Å². The molecule has 2 aromatic rings. The summed E-state index contributed by atoms with van der Waals surface area (Å²) in [5.41, 5.74) is 1.56. The molecule has 0 unspecified atom stereocenters. The van der Waals surface area contributed by atoms with Gasteiger partial charge in [0, 0.05) is 50.0 Å². The summed E-state index contributed by atoms with van der Waals surface area (Å²) in [7, 11) is 0.106. The van der Waals surface area contributed by atoms with Gasteiger partial charge in [-0.15, -0.1) is 0 Å². The highest BCUT2D eigenvalue weighted by Crippen LogP contribution is 2.38. The van der Waals surface area contributed by atoms with Gasteiger partial charge in [-0.1, -0.05) is 23.9 Å². The minimum atomic E-state index is -3.25. The summed E-state index contributed by atoms with van der Waals surface area (Å²) in [6.07, 6.45) is 1.70. The monoisotopic (exact) mass is 421 g/mol. The molecule has 0 spiro atoms. The van der Waals surface area contributed by atoms with Crippen molar-refractivity contribution in [1.29, 1.82) is 0 Å². The molecule has 0 radical (unpaired) electrons. The summed E-state index contributed by atoms with van der Waals surface area (Å²) < 4.78 is 36.8. The van der Waals surface area contributed by atoms with Crippen molar-refractivity contribution < 1.29 is 17.9 Å². The summed E-state index contributed by atoms with van der Waals surface area (Å²) in [5, 5.41) is 0. The average Bonchev–Trinajstić information content (AvgIpc) is 2.74. The molecule has 7 heteroatoms. The van der Waals surface area contributed by atoms with Gasteiger partial charge in [0.25, 0.3) is 0 Å². The lowest BCUT2D eigenvalue weighted by molar-refractivity contribution is -0.0948. The van der Waals surface area contributed by atoms with E-state index in [1.165, 1.54) is 9.87 Å². The van der Waals surface area contributed by atoms with Crippen LogP contribution < -0.4 is 4.31 Å². The van der Waals surface area contributed by atoms with Crippen LogP contribution in [0.1, 0.15) is 25.3 Å². The second-order valence-corrected chi connectivity index (χ2v) is 10.2. The molecule has 0 aliphatic carbocycles. The van der Waals surface area contributed by atoms with Crippen LogP contribution in [-0.2, 0) is 25.1 Å². The molecule has 0 amide bonds. The van der Waals surface area contributed by atoms with Gasteiger partial charge >= 0.3 is 0 Å². The Bertz CT molecular complexity index is 891. The van der Waals surface area contributed by atoms with Gasteiger partial charge in [-0.05, 0) is 48.9 Å². The molecule has 2 aromatic carbocycles. The van der Waals surface area contributed by atoms with Crippen LogP contribution in [-0.4, -0.2) is 41.5 Å². The van der Waals surface area contributed by atoms with Crippen LogP contribution in [0.15, 0.2) is 58.3 Å². The minimum Gasteiger partial charge on any atom is -0.381 e. The van der Waals surface area contributed by atoms with Crippen molar-refractivity contribution in [2.75, 3.05) is 37.4 Å². The van der Waals surface area contributed by atoms with Gasteiger partial charge in [-0.3, -0.25) is 4.31 Å². The number of hydrogen-bond acceptors (Lipinski definition) is 5. The fourth-order valence-electron chi connectivity index (χ4n) is 3.37. The SMILES string of the molecule is CCS(=O)(=O)N(C)c1ccc(Sc2cccc(C3(OC)CCOCC3)c2)cc1. The first-order valence-corrected chi connectivity index (χ1v) is 11.8. The third kappa shape index (κ3) is 4.54. The molecule has 152 valence electrons. The maximum Gasteiger partial charge on any atom is 0.234 e. The molecule has 1 aliphatic rings. The van der Waals surface area contributed by atoms with Crippen molar-refractivity contribution in [2.24, 2.45) is 0 Å². The second kappa shape index (κ2) is 8.86. The smallest absolute Gasteiger partial charge is 0.234 e. The normalized spacial score (nSPS) is 16.7. The first kappa shape index (κ1) is 21.2. The van der Waals surface area contributed by atoms with Crippen molar-refractivity contribution in [3.63, 3.8) is 0 Å². The third-order valence-corrected chi connectivity index (χ3v) is 8.04. The number of rotatable bonds is 7. The van der Waals surface area contributed by atoms with Crippen molar-refractivity contribution >= 4 is 27.5 Å². The Morgan fingerprint density at radius 3 is 2.39 bits per heavy atom. The summed E-state index contributed by atoms with van der Waals surface area (Å²) in [5.74, 6) is 0.0824. The van der Waals surface area contributed by atoms with Gasteiger partial charge in [0.1, 0.15) is 0 Å². The Kier molecular flexibility index (Phi) is 6.70. The lowest BCUT2D eigenvalue weighted by Gasteiger charge is -2.36. The van der Waals surface area contributed by atoms with Gasteiger partial charge < -0.3 is 9.47 Å². The summed E-state index contributed by atoms with van der Waals surface area (Å²) in [4.78, 5) is 2.18. The minimum absolute atomic E-state index is 0.0824. The van der Waals surface area contributed by atoms with E-state index in [1.807, 2.05) is 24.3 Å². The predicted molar refractivity (Wildman–Crippen MR) is 114 cm³/mol. The first-order valence-electron chi connectivity index (χ1n) is 9.38. The fraction of sp³-hybridized carbons (Fsp3) is 0.429. The maximum absolute atomic E-state index is 12.0. The zero-order valence-corrected chi connectivity index (χ0v) is 18.2. The van der Waals surface area contributed by atoms with E-state index in [-0.39, 0.29) is 11.4 Å². The second-order valence-electron chi connectivity index (χ2n) is 6.80. The maximum atomic E-state index is 12.0. The van der Waals surface area contributed by atoms with E-state index in [2.05, 4.69) is 24.3 Å². The highest BCUT2D eigenvalue weighted by molar-refractivity contribution is 7.99. The van der Waals surface area contributed by atoms with Crippen LogP contribution in [0, 0.1) is 0 Å². The summed E-state index contributed by atoms with van der Waals surface area (Å²) in [6, 6.07) is 16.0. The average molecular weight is 422 g/mol. The first-order chi connectivity index (χ1) is 13.4. The van der Waals surface area contributed by atoms with Gasteiger partial charge in [0.05, 0.1) is 17.0 Å². The Hall–Kier alpha value is -1.54. The zero-order valence-electron chi connectivity index (χ0n) is 16.6. The van der Waals surface area contributed by atoms with E-state index in [0.29, 0.717) is 18.9 Å². The molecule has 5 nitrogen and oxygen atoms in total. The van der Waals surface area contributed by atoms with Crippen LogP contribution in [0.5, 0.6) is 0 Å². The number of anilines is 1. The standard InChI is InChI=1S/C21H27NO4S2/c1-4-28(23,24)22(2)18-8-10-19(11-9-18)27-20-7-5-6-17(16-20)21(25-3)12-14-26-15-13-21/h5-11,16H,4,12-15H2,1-3H3. The van der Waals surface area contributed by atoms with E-state index in [4.69, 9.17) is 9.47 Å². The van der Waals surface area contributed by atoms with Crippen LogP contribution in [0.2, 0.25) is 0 Å². The summed E-state index contributed by atoms with van der Waals surface area (Å²) in [6.45, 7) is 3.07. The predicted octanol–water partition coefficient (Wildman–Crippen LogP) is 4.28. The van der Waals surface area contributed by atoms with Crippen molar-refractivity contribution in [1.82, 2.24) is 0 Å². The van der Waals surface area contributed by atoms with Gasteiger partial charge in [-0.25, -0.2) is 8.42 Å². The van der Waals surface area contributed by atoms with Crippen molar-refractivity contribution in [3.8, 4) is 0 Å². The number of hydrogen-bond donors (Lipinski definition) is 0. The third-order valence-electron chi connectivity index (χ3n) is 5.27. The van der Waals surface area contributed by atoms with Gasteiger partial charge in [0.2, 0.25) is 10.0 Å².